The topological polar surface area (TPSA) is 89.4 Å². The molecule has 2 aromatic rings. The van der Waals surface area contributed by atoms with Crippen molar-refractivity contribution in [3.8, 4) is 5.75 Å². The summed E-state index contributed by atoms with van der Waals surface area (Å²) in [5, 5.41) is 7.46. The molecule has 1 atom stereocenters. The lowest BCUT2D eigenvalue weighted by Crippen LogP contribution is -2.40. The van der Waals surface area contributed by atoms with Crippen molar-refractivity contribution in [3.05, 3.63) is 35.9 Å². The Kier molecular flexibility index (Phi) is 8.07. The van der Waals surface area contributed by atoms with Crippen LogP contribution in [-0.4, -0.2) is 51.7 Å². The van der Waals surface area contributed by atoms with E-state index in [1.807, 2.05) is 4.90 Å². The molecule has 8 nitrogen and oxygen atoms in total. The van der Waals surface area contributed by atoms with Crippen LogP contribution in [0.25, 0.3) is 0 Å². The molecule has 0 radical (unpaired) electrons. The van der Waals surface area contributed by atoms with E-state index in [1.54, 1.807) is 36.3 Å². The third kappa shape index (κ3) is 6.45. The van der Waals surface area contributed by atoms with Crippen LogP contribution in [0.4, 0.5) is 5.69 Å². The van der Waals surface area contributed by atoms with Crippen LogP contribution in [0.15, 0.2) is 30.9 Å². The Bertz CT molecular complexity index is 843. The summed E-state index contributed by atoms with van der Waals surface area (Å²) < 4.78 is 7.00. The Hall–Kier alpha value is -2.61. The number of ether oxygens (including phenoxy) is 1. The minimum atomic E-state index is -0.0770. The molecule has 0 spiro atoms. The van der Waals surface area contributed by atoms with Gasteiger partial charge in [0.05, 0.1) is 12.8 Å². The minimum Gasteiger partial charge on any atom is -0.495 e. The Morgan fingerprint density at radius 1 is 1.33 bits per heavy atom. The standard InChI is InChI=1S/C21H28ClN5O3/c1-30-19-8-7-17(22)12-18(19)25-20(28)9-6-16-4-2-10-26(13-16)21(29)5-3-11-27-15-23-14-24-27/h7-8,12,14-16H,2-6,9-11,13H2,1H3,(H,25,28)/t16-/m1/s1. The number of amides is 2. The fraction of sp³-hybridized carbons (Fsp3) is 0.524. The number of nitrogens with zero attached hydrogens (tertiary/aromatic N) is 4. The quantitative estimate of drug-likeness (QED) is 0.654. The number of nitrogens with one attached hydrogen (secondary N) is 1. The summed E-state index contributed by atoms with van der Waals surface area (Å²) in [6.45, 7) is 2.20. The molecule has 0 unspecified atom stereocenters. The number of hydrogen-bond acceptors (Lipinski definition) is 5. The second-order valence-electron chi connectivity index (χ2n) is 7.54. The zero-order chi connectivity index (χ0) is 21.3. The molecule has 30 heavy (non-hydrogen) atoms. The highest BCUT2D eigenvalue weighted by Crippen LogP contribution is 2.28. The van der Waals surface area contributed by atoms with E-state index in [4.69, 9.17) is 16.3 Å². The zero-order valence-electron chi connectivity index (χ0n) is 17.2. The summed E-state index contributed by atoms with van der Waals surface area (Å²) in [6, 6.07) is 5.12. The van der Waals surface area contributed by atoms with Crippen molar-refractivity contribution in [2.45, 2.75) is 45.1 Å². The molecule has 1 saturated heterocycles. The lowest BCUT2D eigenvalue weighted by atomic mass is 9.93. The van der Waals surface area contributed by atoms with Crippen molar-refractivity contribution >= 4 is 29.1 Å². The average molecular weight is 434 g/mol. The third-order valence-corrected chi connectivity index (χ3v) is 5.57. The molecule has 1 N–H and O–H groups in total. The monoisotopic (exact) mass is 433 g/mol. The second-order valence-corrected chi connectivity index (χ2v) is 7.98. The Labute approximate surface area is 181 Å². The molecule has 3 rings (SSSR count). The van der Waals surface area contributed by atoms with Gasteiger partial charge in [-0.05, 0) is 49.8 Å². The van der Waals surface area contributed by atoms with Crippen molar-refractivity contribution in [2.24, 2.45) is 5.92 Å². The molecule has 1 aliphatic heterocycles. The fourth-order valence-corrected chi connectivity index (χ4v) is 3.92. The lowest BCUT2D eigenvalue weighted by Gasteiger charge is -2.33. The Morgan fingerprint density at radius 2 is 2.20 bits per heavy atom. The Balaban J connectivity index is 1.41. The number of piperidine rings is 1. The van der Waals surface area contributed by atoms with E-state index in [-0.39, 0.29) is 11.8 Å². The number of anilines is 1. The van der Waals surface area contributed by atoms with Crippen LogP contribution < -0.4 is 10.1 Å². The van der Waals surface area contributed by atoms with Crippen molar-refractivity contribution in [2.75, 3.05) is 25.5 Å². The number of methoxy groups -OCH3 is 1. The van der Waals surface area contributed by atoms with Crippen LogP contribution >= 0.6 is 11.6 Å². The molecule has 0 aliphatic carbocycles. The number of likely N-dealkylation sites (tertiary alicyclic amines) is 1. The number of halogens is 1. The van der Waals surface area contributed by atoms with Crippen molar-refractivity contribution in [1.82, 2.24) is 19.7 Å². The molecular formula is C21H28ClN5O3. The van der Waals surface area contributed by atoms with Gasteiger partial charge in [-0.3, -0.25) is 14.3 Å². The van der Waals surface area contributed by atoms with Crippen LogP contribution in [0.3, 0.4) is 0 Å². The summed E-state index contributed by atoms with van der Waals surface area (Å²) in [5.74, 6) is 1.01. The predicted octanol–water partition coefficient (Wildman–Crippen LogP) is 3.38. The number of hydrogen-bond donors (Lipinski definition) is 1. The maximum absolute atomic E-state index is 12.5. The zero-order valence-corrected chi connectivity index (χ0v) is 18.0. The van der Waals surface area contributed by atoms with Crippen LogP contribution in [-0.2, 0) is 16.1 Å². The van der Waals surface area contributed by atoms with Crippen LogP contribution in [0.2, 0.25) is 5.02 Å². The summed E-state index contributed by atoms with van der Waals surface area (Å²) in [5.41, 5.74) is 0.572. The highest BCUT2D eigenvalue weighted by atomic mass is 35.5. The molecule has 1 fully saturated rings. The molecule has 9 heteroatoms. The van der Waals surface area contributed by atoms with E-state index in [9.17, 15) is 9.59 Å². The highest BCUT2D eigenvalue weighted by Gasteiger charge is 2.24. The maximum atomic E-state index is 12.5. The van der Waals surface area contributed by atoms with Crippen molar-refractivity contribution in [1.29, 1.82) is 0 Å². The average Bonchev–Trinajstić information content (AvgIpc) is 3.26. The number of aromatic nitrogens is 3. The largest absolute Gasteiger partial charge is 0.495 e. The fourth-order valence-electron chi connectivity index (χ4n) is 3.75. The van der Waals surface area contributed by atoms with E-state index in [0.29, 0.717) is 41.8 Å². The van der Waals surface area contributed by atoms with Gasteiger partial charge in [-0.15, -0.1) is 0 Å². The number of aryl methyl sites for hydroxylation is 1. The molecule has 0 bridgehead atoms. The van der Waals surface area contributed by atoms with Gasteiger partial charge in [0.25, 0.3) is 0 Å². The van der Waals surface area contributed by atoms with Gasteiger partial charge in [0.15, 0.2) is 0 Å². The number of carbonyl (C=O) groups is 2. The van der Waals surface area contributed by atoms with Gasteiger partial charge in [0, 0.05) is 37.5 Å². The first-order valence-electron chi connectivity index (χ1n) is 10.3. The molecule has 2 heterocycles. The molecule has 2 amide bonds. The summed E-state index contributed by atoms with van der Waals surface area (Å²) in [7, 11) is 1.55. The number of rotatable bonds is 9. The number of carbonyl (C=O) groups excluding carboxylic acids is 2. The number of benzene rings is 1. The first-order valence-corrected chi connectivity index (χ1v) is 10.7. The van der Waals surface area contributed by atoms with Gasteiger partial charge in [0.1, 0.15) is 18.4 Å². The van der Waals surface area contributed by atoms with Gasteiger partial charge in [0.2, 0.25) is 11.8 Å². The van der Waals surface area contributed by atoms with Gasteiger partial charge in [-0.1, -0.05) is 11.6 Å². The van der Waals surface area contributed by atoms with Gasteiger partial charge in [-0.25, -0.2) is 4.98 Å². The maximum Gasteiger partial charge on any atom is 0.224 e. The van der Waals surface area contributed by atoms with Crippen LogP contribution in [0, 0.1) is 5.92 Å². The lowest BCUT2D eigenvalue weighted by molar-refractivity contribution is -0.133. The van der Waals surface area contributed by atoms with Gasteiger partial charge >= 0.3 is 0 Å². The Morgan fingerprint density at radius 3 is 2.97 bits per heavy atom. The molecule has 162 valence electrons. The van der Waals surface area contributed by atoms with Crippen LogP contribution in [0.1, 0.15) is 38.5 Å². The smallest absolute Gasteiger partial charge is 0.224 e. The highest BCUT2D eigenvalue weighted by molar-refractivity contribution is 6.31. The molecule has 0 saturated carbocycles. The summed E-state index contributed by atoms with van der Waals surface area (Å²) in [6.07, 6.45) is 7.56. The second kappa shape index (κ2) is 11.0. The van der Waals surface area contributed by atoms with E-state index in [0.717, 1.165) is 38.8 Å². The first kappa shape index (κ1) is 22.1. The van der Waals surface area contributed by atoms with Crippen LogP contribution in [0.5, 0.6) is 5.75 Å². The van der Waals surface area contributed by atoms with E-state index in [1.165, 1.54) is 6.33 Å². The van der Waals surface area contributed by atoms with E-state index in [2.05, 4.69) is 15.4 Å². The minimum absolute atomic E-state index is 0.0770. The molecule has 1 aromatic heterocycles. The van der Waals surface area contributed by atoms with Crippen molar-refractivity contribution in [3.63, 3.8) is 0 Å². The third-order valence-electron chi connectivity index (χ3n) is 5.33. The van der Waals surface area contributed by atoms with Gasteiger partial charge < -0.3 is 15.0 Å². The molecule has 1 aromatic carbocycles. The molecular weight excluding hydrogens is 406 g/mol. The SMILES string of the molecule is COc1ccc(Cl)cc1NC(=O)CC[C@H]1CCCN(C(=O)CCCn2cncn2)C1. The van der Waals surface area contributed by atoms with E-state index >= 15 is 0 Å². The molecule has 1 aliphatic rings. The van der Waals surface area contributed by atoms with Gasteiger partial charge in [-0.2, -0.15) is 5.10 Å². The summed E-state index contributed by atoms with van der Waals surface area (Å²) in [4.78, 5) is 30.8. The normalized spacial score (nSPS) is 16.3. The van der Waals surface area contributed by atoms with E-state index < -0.39 is 0 Å². The predicted molar refractivity (Wildman–Crippen MR) is 114 cm³/mol. The summed E-state index contributed by atoms with van der Waals surface area (Å²) >= 11 is 6.01. The first-order chi connectivity index (χ1) is 14.5. The van der Waals surface area contributed by atoms with Crippen molar-refractivity contribution < 1.29 is 14.3 Å².